The minimum Gasteiger partial charge on any atom is -0.480 e. The van der Waals surface area contributed by atoms with Gasteiger partial charge in [-0.05, 0) is 30.2 Å². The number of carbonyl (C=O) groups is 2. The van der Waals surface area contributed by atoms with Crippen LogP contribution in [0.2, 0.25) is 0 Å². The van der Waals surface area contributed by atoms with Gasteiger partial charge in [0.05, 0.1) is 0 Å². The first kappa shape index (κ1) is 14.9. The van der Waals surface area contributed by atoms with Gasteiger partial charge in [-0.15, -0.1) is 0 Å². The van der Waals surface area contributed by atoms with Gasteiger partial charge in [-0.2, -0.15) is 0 Å². The van der Waals surface area contributed by atoms with Crippen LogP contribution < -0.4 is 10.1 Å². The van der Waals surface area contributed by atoms with Crippen LogP contribution in [0.25, 0.3) is 0 Å². The third kappa shape index (κ3) is 4.95. The Kier molecular flexibility index (Phi) is 5.29. The van der Waals surface area contributed by atoms with Gasteiger partial charge in [0.1, 0.15) is 18.1 Å². The van der Waals surface area contributed by atoms with Crippen molar-refractivity contribution in [1.29, 1.82) is 0 Å². The smallest absolute Gasteiger partial charge is 0.322 e. The molecule has 1 unspecified atom stereocenters. The summed E-state index contributed by atoms with van der Waals surface area (Å²) in [6, 6.07) is 5.27. The molecule has 0 aromatic heterocycles. The number of halogens is 1. The van der Waals surface area contributed by atoms with Crippen molar-refractivity contribution in [3.8, 4) is 5.75 Å². The van der Waals surface area contributed by atoms with Crippen molar-refractivity contribution < 1.29 is 23.8 Å². The summed E-state index contributed by atoms with van der Waals surface area (Å²) in [6.07, 6.45) is -0.829. The van der Waals surface area contributed by atoms with Crippen LogP contribution >= 0.6 is 0 Å². The number of benzene rings is 1. The fourth-order valence-corrected chi connectivity index (χ4v) is 1.42. The van der Waals surface area contributed by atoms with Gasteiger partial charge in [0.15, 0.2) is 6.10 Å². The molecule has 0 radical (unpaired) electrons. The Balaban J connectivity index is 2.69. The maximum atomic E-state index is 12.8. The summed E-state index contributed by atoms with van der Waals surface area (Å²) in [4.78, 5) is 22.2. The number of rotatable bonds is 6. The Hall–Kier alpha value is -2.11. The SMILES string of the molecule is CC(C)C(Oc1ccc(F)cc1)C(=O)NCC(=O)O. The van der Waals surface area contributed by atoms with Gasteiger partial charge in [0, 0.05) is 0 Å². The van der Waals surface area contributed by atoms with Crippen molar-refractivity contribution in [1.82, 2.24) is 5.32 Å². The van der Waals surface area contributed by atoms with E-state index < -0.39 is 30.3 Å². The summed E-state index contributed by atoms with van der Waals surface area (Å²) in [5.74, 6) is -1.84. The summed E-state index contributed by atoms with van der Waals surface area (Å²) in [5, 5.41) is 10.8. The van der Waals surface area contributed by atoms with Crippen molar-refractivity contribution in [2.24, 2.45) is 5.92 Å². The van der Waals surface area contributed by atoms with Gasteiger partial charge in [-0.25, -0.2) is 4.39 Å². The van der Waals surface area contributed by atoms with E-state index >= 15 is 0 Å². The molecule has 1 rings (SSSR count). The predicted octanol–water partition coefficient (Wildman–Crippen LogP) is 1.43. The monoisotopic (exact) mass is 269 g/mol. The van der Waals surface area contributed by atoms with Crippen molar-refractivity contribution >= 4 is 11.9 Å². The first-order chi connectivity index (χ1) is 8.90. The maximum Gasteiger partial charge on any atom is 0.322 e. The Morgan fingerprint density at radius 3 is 2.37 bits per heavy atom. The lowest BCUT2D eigenvalue weighted by molar-refractivity contribution is -0.139. The maximum absolute atomic E-state index is 12.8. The molecule has 1 atom stereocenters. The normalized spacial score (nSPS) is 12.0. The summed E-state index contributed by atoms with van der Waals surface area (Å²) in [7, 11) is 0. The van der Waals surface area contributed by atoms with Crippen LogP contribution in [-0.2, 0) is 9.59 Å². The van der Waals surface area contributed by atoms with E-state index in [2.05, 4.69) is 5.32 Å². The lowest BCUT2D eigenvalue weighted by atomic mass is 10.1. The van der Waals surface area contributed by atoms with Crippen LogP contribution in [0, 0.1) is 11.7 Å². The third-order valence-corrected chi connectivity index (χ3v) is 2.35. The molecule has 6 heteroatoms. The average Bonchev–Trinajstić information content (AvgIpc) is 2.34. The second-order valence-electron chi connectivity index (χ2n) is 4.35. The molecule has 0 bridgehead atoms. The van der Waals surface area contributed by atoms with E-state index in [9.17, 15) is 14.0 Å². The van der Waals surface area contributed by atoms with Crippen molar-refractivity contribution in [2.45, 2.75) is 20.0 Å². The number of hydrogen-bond acceptors (Lipinski definition) is 3. The number of aliphatic carboxylic acids is 1. The topological polar surface area (TPSA) is 75.6 Å². The predicted molar refractivity (Wildman–Crippen MR) is 66.3 cm³/mol. The molecule has 1 amide bonds. The molecule has 0 heterocycles. The highest BCUT2D eigenvalue weighted by Gasteiger charge is 2.24. The quantitative estimate of drug-likeness (QED) is 0.819. The Labute approximate surface area is 110 Å². The van der Waals surface area contributed by atoms with Gasteiger partial charge >= 0.3 is 5.97 Å². The molecule has 1 aromatic rings. The number of hydrogen-bond donors (Lipinski definition) is 2. The second kappa shape index (κ2) is 6.72. The molecular formula is C13H16FNO4. The van der Waals surface area contributed by atoms with Gasteiger partial charge in [-0.1, -0.05) is 13.8 Å². The highest BCUT2D eigenvalue weighted by molar-refractivity contribution is 5.84. The van der Waals surface area contributed by atoms with Gasteiger partial charge in [0.2, 0.25) is 0 Å². The zero-order chi connectivity index (χ0) is 14.4. The number of carbonyl (C=O) groups excluding carboxylic acids is 1. The molecule has 1 aromatic carbocycles. The number of carboxylic acids is 1. The molecular weight excluding hydrogens is 253 g/mol. The van der Waals surface area contributed by atoms with Crippen LogP contribution in [0.1, 0.15) is 13.8 Å². The number of carboxylic acid groups (broad SMARTS) is 1. The molecule has 0 aliphatic heterocycles. The van der Waals surface area contributed by atoms with E-state index in [4.69, 9.17) is 9.84 Å². The van der Waals surface area contributed by atoms with Crippen LogP contribution in [0.5, 0.6) is 5.75 Å². The fourth-order valence-electron chi connectivity index (χ4n) is 1.42. The van der Waals surface area contributed by atoms with E-state index in [1.54, 1.807) is 13.8 Å². The lowest BCUT2D eigenvalue weighted by Crippen LogP contribution is -2.43. The Morgan fingerprint density at radius 1 is 1.32 bits per heavy atom. The Morgan fingerprint density at radius 2 is 1.89 bits per heavy atom. The fraction of sp³-hybridized carbons (Fsp3) is 0.385. The van der Waals surface area contributed by atoms with Crippen LogP contribution in [-0.4, -0.2) is 29.6 Å². The van der Waals surface area contributed by atoms with E-state index in [0.717, 1.165) is 0 Å². The van der Waals surface area contributed by atoms with Crippen LogP contribution in [0.15, 0.2) is 24.3 Å². The number of amides is 1. The van der Waals surface area contributed by atoms with Crippen LogP contribution in [0.3, 0.4) is 0 Å². The third-order valence-electron chi connectivity index (χ3n) is 2.35. The number of ether oxygens (including phenoxy) is 1. The first-order valence-corrected chi connectivity index (χ1v) is 5.82. The molecule has 0 spiro atoms. The molecule has 19 heavy (non-hydrogen) atoms. The van der Waals surface area contributed by atoms with Gasteiger partial charge in [-0.3, -0.25) is 9.59 Å². The molecule has 0 fully saturated rings. The minimum absolute atomic E-state index is 0.154. The average molecular weight is 269 g/mol. The van der Waals surface area contributed by atoms with Crippen LogP contribution in [0.4, 0.5) is 4.39 Å². The molecule has 2 N–H and O–H groups in total. The lowest BCUT2D eigenvalue weighted by Gasteiger charge is -2.21. The highest BCUT2D eigenvalue weighted by atomic mass is 19.1. The molecule has 5 nitrogen and oxygen atoms in total. The molecule has 0 saturated carbocycles. The second-order valence-corrected chi connectivity index (χ2v) is 4.35. The number of nitrogens with one attached hydrogen (secondary N) is 1. The zero-order valence-corrected chi connectivity index (χ0v) is 10.7. The van der Waals surface area contributed by atoms with E-state index in [1.807, 2.05) is 0 Å². The molecule has 0 aliphatic rings. The van der Waals surface area contributed by atoms with Gasteiger partial charge < -0.3 is 15.2 Å². The molecule has 104 valence electrons. The Bertz CT molecular complexity index is 444. The van der Waals surface area contributed by atoms with E-state index in [-0.39, 0.29) is 5.92 Å². The summed E-state index contributed by atoms with van der Waals surface area (Å²) >= 11 is 0. The summed E-state index contributed by atoms with van der Waals surface area (Å²) < 4.78 is 18.2. The van der Waals surface area contributed by atoms with Crippen molar-refractivity contribution in [3.63, 3.8) is 0 Å². The largest absolute Gasteiger partial charge is 0.480 e. The first-order valence-electron chi connectivity index (χ1n) is 5.82. The van der Waals surface area contributed by atoms with E-state index in [0.29, 0.717) is 5.75 Å². The highest BCUT2D eigenvalue weighted by Crippen LogP contribution is 2.16. The minimum atomic E-state index is -1.13. The molecule has 0 saturated heterocycles. The zero-order valence-electron chi connectivity index (χ0n) is 10.7. The van der Waals surface area contributed by atoms with Gasteiger partial charge in [0.25, 0.3) is 5.91 Å². The summed E-state index contributed by atoms with van der Waals surface area (Å²) in [5.41, 5.74) is 0. The van der Waals surface area contributed by atoms with Crippen molar-refractivity contribution in [3.05, 3.63) is 30.1 Å². The summed E-state index contributed by atoms with van der Waals surface area (Å²) in [6.45, 7) is 3.08. The van der Waals surface area contributed by atoms with Crippen molar-refractivity contribution in [2.75, 3.05) is 6.54 Å². The standard InChI is InChI=1S/C13H16FNO4/c1-8(2)12(13(18)15-7-11(16)17)19-10-5-3-9(14)4-6-10/h3-6,8,12H,7H2,1-2H3,(H,15,18)(H,16,17). The molecule has 0 aliphatic carbocycles. The van der Waals surface area contributed by atoms with E-state index in [1.165, 1.54) is 24.3 Å².